The lowest BCUT2D eigenvalue weighted by atomic mass is 9.59. The van der Waals surface area contributed by atoms with Crippen LogP contribution in [-0.4, -0.2) is 46.3 Å². The van der Waals surface area contributed by atoms with E-state index in [9.17, 15) is 29.4 Å². The van der Waals surface area contributed by atoms with Gasteiger partial charge in [0.1, 0.15) is 0 Å². The predicted molar refractivity (Wildman–Crippen MR) is 106 cm³/mol. The summed E-state index contributed by atoms with van der Waals surface area (Å²) >= 11 is 0. The summed E-state index contributed by atoms with van der Waals surface area (Å²) in [6, 6.07) is 8.53. The van der Waals surface area contributed by atoms with Crippen molar-refractivity contribution in [2.45, 2.75) is 39.9 Å². The van der Waals surface area contributed by atoms with E-state index in [0.717, 1.165) is 12.2 Å². The fourth-order valence-corrected chi connectivity index (χ4v) is 3.26. The Bertz CT molecular complexity index is 872. The molecular formula is C22H24O8. The molecule has 0 fully saturated rings. The number of carbonyl (C=O) groups excluding carboxylic acids is 2. The van der Waals surface area contributed by atoms with Gasteiger partial charge in [0.15, 0.2) is 0 Å². The fourth-order valence-electron chi connectivity index (χ4n) is 3.26. The average molecular weight is 416 g/mol. The first-order valence-electron chi connectivity index (χ1n) is 9.35. The van der Waals surface area contributed by atoms with Gasteiger partial charge in [-0.25, -0.2) is 0 Å². The van der Waals surface area contributed by atoms with E-state index in [1.165, 1.54) is 33.8 Å². The maximum absolute atomic E-state index is 13.2. The Kier molecular flexibility index (Phi) is 6.50. The van der Waals surface area contributed by atoms with Crippen molar-refractivity contribution in [2.75, 3.05) is 0 Å². The number of hydrogen-bond acceptors (Lipinski definition) is 6. The van der Waals surface area contributed by atoms with Gasteiger partial charge in [-0.2, -0.15) is 0 Å². The van der Waals surface area contributed by atoms with Crippen molar-refractivity contribution in [1.82, 2.24) is 0 Å². The summed E-state index contributed by atoms with van der Waals surface area (Å²) in [7, 11) is 0. The van der Waals surface area contributed by atoms with Gasteiger partial charge < -0.3 is 19.7 Å². The molecule has 0 radical (unpaired) electrons. The second-order valence-corrected chi connectivity index (χ2v) is 7.43. The van der Waals surface area contributed by atoms with Crippen molar-refractivity contribution in [2.24, 2.45) is 10.8 Å². The monoisotopic (exact) mass is 416 g/mol. The molecular weight excluding hydrogens is 392 g/mol. The van der Waals surface area contributed by atoms with Crippen LogP contribution in [0.25, 0.3) is 5.57 Å². The molecule has 0 unspecified atom stereocenters. The third kappa shape index (κ3) is 3.72. The van der Waals surface area contributed by atoms with Gasteiger partial charge in [-0.3, -0.25) is 19.2 Å². The van der Waals surface area contributed by atoms with Crippen LogP contribution in [0.15, 0.2) is 48.6 Å². The molecule has 0 saturated carbocycles. The molecule has 2 rings (SSSR count). The highest BCUT2D eigenvalue weighted by Gasteiger charge is 2.71. The highest BCUT2D eigenvalue weighted by molar-refractivity contribution is 6.18. The maximum Gasteiger partial charge on any atom is 0.329 e. The molecule has 1 aromatic rings. The number of esters is 2. The zero-order valence-electron chi connectivity index (χ0n) is 17.1. The van der Waals surface area contributed by atoms with Crippen molar-refractivity contribution in [1.29, 1.82) is 0 Å². The molecule has 160 valence electrons. The van der Waals surface area contributed by atoms with Crippen LogP contribution in [0.2, 0.25) is 0 Å². The Hall–Kier alpha value is -3.42. The summed E-state index contributed by atoms with van der Waals surface area (Å²) in [6.07, 6.45) is 1.66. The van der Waals surface area contributed by atoms with Crippen LogP contribution in [0.1, 0.15) is 33.3 Å². The first kappa shape index (κ1) is 22.9. The largest absolute Gasteiger partial charge is 0.480 e. The summed E-state index contributed by atoms with van der Waals surface area (Å²) in [5, 5.41) is 19.9. The zero-order valence-corrected chi connectivity index (χ0v) is 17.1. The molecule has 0 saturated heterocycles. The summed E-state index contributed by atoms with van der Waals surface area (Å²) in [5.41, 5.74) is -4.89. The Morgan fingerprint density at radius 2 is 1.27 bits per heavy atom. The van der Waals surface area contributed by atoms with Crippen LogP contribution in [0.5, 0.6) is 0 Å². The van der Waals surface area contributed by atoms with E-state index in [4.69, 9.17) is 9.47 Å². The van der Waals surface area contributed by atoms with Crippen LogP contribution >= 0.6 is 0 Å². The Morgan fingerprint density at radius 3 is 1.67 bits per heavy atom. The van der Waals surface area contributed by atoms with Gasteiger partial charge in [-0.1, -0.05) is 42.5 Å². The van der Waals surface area contributed by atoms with Crippen molar-refractivity contribution in [3.05, 3.63) is 54.1 Å². The normalized spacial score (nSPS) is 16.7. The molecule has 8 heteroatoms. The highest BCUT2D eigenvalue weighted by atomic mass is 16.6. The molecule has 0 aliphatic heterocycles. The van der Waals surface area contributed by atoms with E-state index >= 15 is 0 Å². The number of benzene rings is 1. The van der Waals surface area contributed by atoms with E-state index in [0.29, 0.717) is 5.56 Å². The molecule has 0 bridgehead atoms. The molecule has 0 amide bonds. The lowest BCUT2D eigenvalue weighted by Gasteiger charge is -2.40. The minimum atomic E-state index is -2.96. The van der Waals surface area contributed by atoms with Crippen LogP contribution in [0, 0.1) is 10.8 Å². The van der Waals surface area contributed by atoms with Gasteiger partial charge in [-0.15, -0.1) is 0 Å². The third-order valence-electron chi connectivity index (χ3n) is 4.62. The van der Waals surface area contributed by atoms with Crippen LogP contribution in [-0.2, 0) is 28.7 Å². The fraction of sp³-hybridized carbons (Fsp3) is 0.364. The summed E-state index contributed by atoms with van der Waals surface area (Å²) < 4.78 is 10.4. The van der Waals surface area contributed by atoms with E-state index in [2.05, 4.69) is 0 Å². The molecule has 2 N–H and O–H groups in total. The first-order valence-corrected chi connectivity index (χ1v) is 9.35. The Morgan fingerprint density at radius 1 is 0.800 bits per heavy atom. The number of carboxylic acids is 2. The average Bonchev–Trinajstić information content (AvgIpc) is 2.66. The Labute approximate surface area is 173 Å². The molecule has 1 aliphatic rings. The molecule has 0 heterocycles. The number of carbonyl (C=O) groups is 4. The molecule has 8 nitrogen and oxygen atoms in total. The molecule has 0 spiro atoms. The predicted octanol–water partition coefficient (Wildman–Crippen LogP) is 2.69. The van der Waals surface area contributed by atoms with Gasteiger partial charge in [0.25, 0.3) is 0 Å². The maximum atomic E-state index is 13.2. The number of aliphatic carboxylic acids is 2. The number of ether oxygens (including phenoxy) is 2. The van der Waals surface area contributed by atoms with Crippen molar-refractivity contribution in [3.8, 4) is 0 Å². The lowest BCUT2D eigenvalue weighted by molar-refractivity contribution is -0.193. The molecule has 0 atom stereocenters. The summed E-state index contributed by atoms with van der Waals surface area (Å²) in [6.45, 7) is 6.01. The second kappa shape index (κ2) is 8.52. The van der Waals surface area contributed by atoms with Gasteiger partial charge in [0.2, 0.25) is 10.8 Å². The van der Waals surface area contributed by atoms with Crippen molar-refractivity contribution in [3.63, 3.8) is 0 Å². The third-order valence-corrected chi connectivity index (χ3v) is 4.62. The minimum Gasteiger partial charge on any atom is -0.480 e. The van der Waals surface area contributed by atoms with E-state index in [1.54, 1.807) is 30.3 Å². The van der Waals surface area contributed by atoms with Crippen LogP contribution in [0.4, 0.5) is 0 Å². The van der Waals surface area contributed by atoms with E-state index in [-0.39, 0.29) is 5.57 Å². The first-order chi connectivity index (χ1) is 14.0. The SMILES string of the molecule is CC(C)OC(=O)C1(C(=O)OC(C)C)C=C(c2ccccc2)C=CC1(C(=O)O)C(=O)O. The van der Waals surface area contributed by atoms with E-state index < -0.39 is 46.9 Å². The van der Waals surface area contributed by atoms with Gasteiger partial charge >= 0.3 is 23.9 Å². The smallest absolute Gasteiger partial charge is 0.329 e. The number of rotatable bonds is 7. The lowest BCUT2D eigenvalue weighted by Crippen LogP contribution is -2.61. The van der Waals surface area contributed by atoms with Gasteiger partial charge in [0.05, 0.1) is 12.2 Å². The summed E-state index contributed by atoms with van der Waals surface area (Å²) in [4.78, 5) is 51.0. The van der Waals surface area contributed by atoms with Gasteiger partial charge in [0, 0.05) is 0 Å². The number of allylic oxidation sites excluding steroid dienone is 2. The molecule has 1 aromatic carbocycles. The van der Waals surface area contributed by atoms with Crippen molar-refractivity contribution >= 4 is 29.5 Å². The molecule has 1 aliphatic carbocycles. The standard InChI is InChI=1S/C22H24O8/c1-13(2)29-19(27)22(20(28)30-14(3)4)12-16(15-8-6-5-7-9-15)10-11-21(22,17(23)24)18(25)26/h5-14H,1-4H3,(H,23,24)(H,25,26). The summed E-state index contributed by atoms with van der Waals surface area (Å²) in [5.74, 6) is -6.41. The Balaban J connectivity index is 2.90. The highest BCUT2D eigenvalue weighted by Crippen LogP contribution is 2.50. The second-order valence-electron chi connectivity index (χ2n) is 7.43. The van der Waals surface area contributed by atoms with E-state index in [1.807, 2.05) is 0 Å². The van der Waals surface area contributed by atoms with Crippen LogP contribution < -0.4 is 0 Å². The minimum absolute atomic E-state index is 0.287. The van der Waals surface area contributed by atoms with Gasteiger partial charge in [-0.05, 0) is 44.9 Å². The molecule has 0 aromatic heterocycles. The zero-order chi connectivity index (χ0) is 22.7. The number of hydrogen-bond donors (Lipinski definition) is 2. The number of carboxylic acid groups (broad SMARTS) is 2. The quantitative estimate of drug-likeness (QED) is 0.513. The van der Waals surface area contributed by atoms with Crippen LogP contribution in [0.3, 0.4) is 0 Å². The topological polar surface area (TPSA) is 127 Å². The molecule has 30 heavy (non-hydrogen) atoms. The van der Waals surface area contributed by atoms with Crippen molar-refractivity contribution < 1.29 is 38.9 Å².